The van der Waals surface area contributed by atoms with Gasteiger partial charge in [-0.15, -0.1) is 0 Å². The van der Waals surface area contributed by atoms with Crippen LogP contribution < -0.4 is 10.9 Å². The summed E-state index contributed by atoms with van der Waals surface area (Å²) in [5, 5.41) is 1.41. The quantitative estimate of drug-likeness (QED) is 0.294. The van der Waals surface area contributed by atoms with Gasteiger partial charge in [0.05, 0.1) is 0 Å². The second-order valence-corrected chi connectivity index (χ2v) is 9.26. The molecule has 1 heterocycles. The van der Waals surface area contributed by atoms with Crippen LogP contribution in [0, 0.1) is 13.8 Å². The van der Waals surface area contributed by atoms with Crippen molar-refractivity contribution in [2.24, 2.45) is 7.05 Å². The summed E-state index contributed by atoms with van der Waals surface area (Å²) in [5.41, 5.74) is -8.25. The largest absolute Gasteiger partial charge is 0.411 e. The zero-order valence-corrected chi connectivity index (χ0v) is 21.4. The van der Waals surface area contributed by atoms with Gasteiger partial charge in [0.15, 0.2) is 0 Å². The molecule has 4 aromatic rings. The van der Waals surface area contributed by atoms with Crippen molar-refractivity contribution in [2.75, 3.05) is 7.05 Å². The molecule has 39 heavy (non-hydrogen) atoms. The number of rotatable bonds is 4. The van der Waals surface area contributed by atoms with Crippen molar-refractivity contribution in [1.82, 2.24) is 9.88 Å². The number of pyridine rings is 1. The fraction of sp³-hybridized carbons (Fsp3) is 0.241. The number of fused-ring (bicyclic) bond motifs is 1. The number of benzene rings is 3. The molecule has 4 rings (SSSR count). The maximum Gasteiger partial charge on any atom is 0.411 e. The van der Waals surface area contributed by atoms with E-state index in [1.807, 2.05) is 0 Å². The van der Waals surface area contributed by atoms with E-state index in [-0.39, 0.29) is 33.3 Å². The Morgan fingerprint density at radius 2 is 1.36 bits per heavy atom. The Labute approximate surface area is 219 Å². The molecule has 0 aliphatic rings. The molecule has 0 radical (unpaired) electrons. The smallest absolute Gasteiger partial charge is 0.354 e. The lowest BCUT2D eigenvalue weighted by atomic mass is 9.68. The summed E-state index contributed by atoms with van der Waals surface area (Å²) in [4.78, 5) is 26.6. The van der Waals surface area contributed by atoms with Crippen LogP contribution in [0.15, 0.2) is 71.5 Å². The number of aromatic nitrogens is 1. The van der Waals surface area contributed by atoms with Gasteiger partial charge < -0.3 is 9.88 Å². The molecule has 10 heteroatoms. The van der Waals surface area contributed by atoms with Crippen molar-refractivity contribution in [3.8, 4) is 11.1 Å². The van der Waals surface area contributed by atoms with Crippen LogP contribution in [0.4, 0.5) is 26.3 Å². The number of alkyl halides is 6. The first-order valence-corrected chi connectivity index (χ1v) is 11.8. The maximum absolute atomic E-state index is 15.2. The highest BCUT2D eigenvalue weighted by Crippen LogP contribution is 2.59. The van der Waals surface area contributed by atoms with Crippen LogP contribution in [0.2, 0.25) is 0 Å². The SMILES string of the molecule is CNC(=O)c1c(-c2ccccc2)c2c(C(c3ccccc3)(C(F)(F)F)C(F)(F)F)c(C)c(C)cc2c(=O)n1C. The Morgan fingerprint density at radius 3 is 1.85 bits per heavy atom. The van der Waals surface area contributed by atoms with E-state index in [1.165, 1.54) is 52.2 Å². The van der Waals surface area contributed by atoms with Crippen molar-refractivity contribution in [3.05, 3.63) is 105 Å². The zero-order chi connectivity index (χ0) is 28.9. The average molecular weight is 547 g/mol. The molecule has 0 aliphatic carbocycles. The standard InChI is InChI=1S/C29H24F6N2O2/c1-16-15-20-22(21(18-11-7-5-8-12-18)24(25(38)36-3)37(4)26(20)39)23(17(16)2)27(28(30,31)32,29(33,34)35)19-13-9-6-10-14-19/h5-15H,1-4H3,(H,36,38). The highest BCUT2D eigenvalue weighted by atomic mass is 19.4. The van der Waals surface area contributed by atoms with Gasteiger partial charge in [0.2, 0.25) is 5.41 Å². The molecule has 204 valence electrons. The molecule has 0 atom stereocenters. The molecule has 0 spiro atoms. The number of carbonyl (C=O) groups is 1. The second-order valence-electron chi connectivity index (χ2n) is 9.26. The molecule has 1 aromatic heterocycles. The van der Waals surface area contributed by atoms with E-state index in [0.717, 1.165) is 28.8 Å². The van der Waals surface area contributed by atoms with Crippen LogP contribution in [-0.2, 0) is 12.5 Å². The first kappa shape index (κ1) is 27.9. The van der Waals surface area contributed by atoms with Crippen LogP contribution in [0.25, 0.3) is 21.9 Å². The van der Waals surface area contributed by atoms with E-state index in [4.69, 9.17) is 0 Å². The van der Waals surface area contributed by atoms with Crippen molar-refractivity contribution in [2.45, 2.75) is 31.6 Å². The minimum Gasteiger partial charge on any atom is -0.354 e. The van der Waals surface area contributed by atoms with Crippen LogP contribution in [0.1, 0.15) is 32.7 Å². The highest BCUT2D eigenvalue weighted by molar-refractivity contribution is 6.10. The van der Waals surface area contributed by atoms with Gasteiger partial charge in [-0.2, -0.15) is 26.3 Å². The zero-order valence-electron chi connectivity index (χ0n) is 21.4. The molecule has 4 nitrogen and oxygen atoms in total. The number of nitrogens with one attached hydrogen (secondary N) is 1. The first-order chi connectivity index (χ1) is 18.2. The molecule has 0 saturated heterocycles. The van der Waals surface area contributed by atoms with E-state index < -0.39 is 45.7 Å². The summed E-state index contributed by atoms with van der Waals surface area (Å²) in [6, 6.07) is 14.0. The molecule has 0 bridgehead atoms. The Bertz CT molecular complexity index is 1610. The Morgan fingerprint density at radius 1 is 0.846 bits per heavy atom. The summed E-state index contributed by atoms with van der Waals surface area (Å²) < 4.78 is 92.4. The highest BCUT2D eigenvalue weighted by Gasteiger charge is 2.73. The Kier molecular flexibility index (Phi) is 6.87. The van der Waals surface area contributed by atoms with E-state index in [0.29, 0.717) is 0 Å². The van der Waals surface area contributed by atoms with Crippen LogP contribution >= 0.6 is 0 Å². The number of aryl methyl sites for hydroxylation is 1. The second kappa shape index (κ2) is 9.59. The maximum atomic E-state index is 15.2. The summed E-state index contributed by atoms with van der Waals surface area (Å²) in [5.74, 6) is -0.844. The molecular formula is C29H24F6N2O2. The Balaban J connectivity index is 2.49. The minimum atomic E-state index is -5.89. The summed E-state index contributed by atoms with van der Waals surface area (Å²) in [6.45, 7) is 2.53. The summed E-state index contributed by atoms with van der Waals surface area (Å²) >= 11 is 0. The number of carbonyl (C=O) groups excluding carboxylic acids is 1. The van der Waals surface area contributed by atoms with Gasteiger partial charge in [-0.3, -0.25) is 9.59 Å². The van der Waals surface area contributed by atoms with E-state index in [1.54, 1.807) is 18.2 Å². The molecule has 0 fully saturated rings. The van der Waals surface area contributed by atoms with Crippen molar-refractivity contribution in [3.63, 3.8) is 0 Å². The van der Waals surface area contributed by atoms with Gasteiger partial charge in [0.1, 0.15) is 5.69 Å². The van der Waals surface area contributed by atoms with Crippen molar-refractivity contribution < 1.29 is 31.1 Å². The fourth-order valence-corrected chi connectivity index (χ4v) is 5.26. The summed E-state index contributed by atoms with van der Waals surface area (Å²) in [7, 11) is 2.51. The minimum absolute atomic E-state index is 0.0649. The van der Waals surface area contributed by atoms with Crippen molar-refractivity contribution in [1.29, 1.82) is 0 Å². The van der Waals surface area contributed by atoms with Gasteiger partial charge in [-0.1, -0.05) is 60.7 Å². The number of halogens is 6. The number of amides is 1. The lowest BCUT2D eigenvalue weighted by molar-refractivity contribution is -0.288. The Hall–Kier alpha value is -4.08. The van der Waals surface area contributed by atoms with E-state index in [9.17, 15) is 9.59 Å². The van der Waals surface area contributed by atoms with Crippen LogP contribution in [0.5, 0.6) is 0 Å². The lowest BCUT2D eigenvalue weighted by Crippen LogP contribution is -2.55. The average Bonchev–Trinajstić information content (AvgIpc) is 2.88. The normalized spacial score (nSPS) is 12.6. The molecule has 1 N–H and O–H groups in total. The monoisotopic (exact) mass is 546 g/mol. The lowest BCUT2D eigenvalue weighted by Gasteiger charge is -2.40. The van der Waals surface area contributed by atoms with E-state index >= 15 is 26.3 Å². The van der Waals surface area contributed by atoms with Gasteiger partial charge in [-0.25, -0.2) is 0 Å². The molecule has 3 aromatic carbocycles. The third kappa shape index (κ3) is 4.09. The van der Waals surface area contributed by atoms with Gasteiger partial charge in [-0.05, 0) is 47.7 Å². The third-order valence-corrected chi connectivity index (χ3v) is 7.14. The molecule has 0 saturated carbocycles. The number of nitrogens with zero attached hydrogens (tertiary/aromatic N) is 1. The number of hydrogen-bond acceptors (Lipinski definition) is 2. The van der Waals surface area contributed by atoms with Crippen molar-refractivity contribution >= 4 is 16.7 Å². The van der Waals surface area contributed by atoms with Gasteiger partial charge in [0.25, 0.3) is 11.5 Å². The predicted molar refractivity (Wildman–Crippen MR) is 137 cm³/mol. The molecule has 1 amide bonds. The van der Waals surface area contributed by atoms with Gasteiger partial charge >= 0.3 is 12.4 Å². The molecule has 0 aliphatic heterocycles. The third-order valence-electron chi connectivity index (χ3n) is 7.14. The molecular weight excluding hydrogens is 522 g/mol. The number of hydrogen-bond donors (Lipinski definition) is 1. The van der Waals surface area contributed by atoms with Crippen LogP contribution in [-0.4, -0.2) is 29.9 Å². The first-order valence-electron chi connectivity index (χ1n) is 11.8. The van der Waals surface area contributed by atoms with Gasteiger partial charge in [0, 0.05) is 30.4 Å². The topological polar surface area (TPSA) is 51.1 Å². The predicted octanol–water partition coefficient (Wildman–Crippen LogP) is 6.59. The van der Waals surface area contributed by atoms with Crippen LogP contribution in [0.3, 0.4) is 0 Å². The molecule has 0 unspecified atom stereocenters. The summed E-state index contributed by atoms with van der Waals surface area (Å²) in [6.07, 6.45) is -11.8. The fourth-order valence-electron chi connectivity index (χ4n) is 5.26. The van der Waals surface area contributed by atoms with E-state index in [2.05, 4.69) is 5.32 Å².